The van der Waals surface area contributed by atoms with E-state index in [1.807, 2.05) is 30.3 Å². The quantitative estimate of drug-likeness (QED) is 0.535. The summed E-state index contributed by atoms with van der Waals surface area (Å²) in [5.74, 6) is -0.554. The fourth-order valence-electron chi connectivity index (χ4n) is 1.56. The fraction of sp³-hybridized carbons (Fsp3) is 0. The molecule has 21 heavy (non-hydrogen) atoms. The van der Waals surface area contributed by atoms with Gasteiger partial charge in [-0.15, -0.1) is 0 Å². The molecule has 0 radical (unpaired) electrons. The van der Waals surface area contributed by atoms with Gasteiger partial charge >= 0.3 is 0 Å². The molecule has 1 amide bonds. The van der Waals surface area contributed by atoms with E-state index in [1.54, 1.807) is 0 Å². The van der Waals surface area contributed by atoms with Gasteiger partial charge in [0.15, 0.2) is 0 Å². The van der Waals surface area contributed by atoms with Crippen LogP contribution in [0, 0.1) is 10.1 Å². The predicted octanol–water partition coefficient (Wildman–Crippen LogP) is 3.01. The Morgan fingerprint density at radius 3 is 2.62 bits per heavy atom. The molecule has 0 saturated carbocycles. The molecule has 0 spiro atoms. The number of nitrogens with one attached hydrogen (secondary N) is 1. The summed E-state index contributed by atoms with van der Waals surface area (Å²) in [7, 11) is 0. The molecule has 0 heterocycles. The van der Waals surface area contributed by atoms with Gasteiger partial charge in [0.05, 0.1) is 11.1 Å². The number of halogens is 1. The van der Waals surface area contributed by atoms with Gasteiger partial charge in [-0.2, -0.15) is 5.10 Å². The smallest absolute Gasteiger partial charge is 0.267 e. The van der Waals surface area contributed by atoms with Crippen molar-refractivity contribution < 1.29 is 9.72 Å². The Bertz CT molecular complexity index is 702. The van der Waals surface area contributed by atoms with Crippen LogP contribution in [0.25, 0.3) is 0 Å². The van der Waals surface area contributed by atoms with Gasteiger partial charge < -0.3 is 0 Å². The lowest BCUT2D eigenvalue weighted by molar-refractivity contribution is -0.384. The van der Waals surface area contributed by atoms with Crippen LogP contribution in [0.15, 0.2) is 53.6 Å². The van der Waals surface area contributed by atoms with Crippen molar-refractivity contribution in [3.05, 3.63) is 74.8 Å². The Kier molecular flexibility index (Phi) is 4.63. The van der Waals surface area contributed by atoms with E-state index in [2.05, 4.69) is 10.5 Å². The van der Waals surface area contributed by atoms with Crippen molar-refractivity contribution in [1.29, 1.82) is 0 Å². The molecule has 0 aliphatic carbocycles. The highest BCUT2D eigenvalue weighted by molar-refractivity contribution is 6.32. The van der Waals surface area contributed by atoms with Gasteiger partial charge in [0, 0.05) is 11.6 Å². The minimum Gasteiger partial charge on any atom is -0.267 e. The van der Waals surface area contributed by atoms with Crippen LogP contribution in [0.2, 0.25) is 5.02 Å². The predicted molar refractivity (Wildman–Crippen MR) is 79.6 cm³/mol. The number of rotatable bonds is 4. The molecule has 2 aromatic rings. The second kappa shape index (κ2) is 6.62. The molecule has 106 valence electrons. The molecule has 0 aromatic heterocycles. The van der Waals surface area contributed by atoms with E-state index in [0.29, 0.717) is 0 Å². The summed E-state index contributed by atoms with van der Waals surface area (Å²) < 4.78 is 0. The largest absolute Gasteiger partial charge is 0.288 e. The first-order valence-corrected chi connectivity index (χ1v) is 6.28. The lowest BCUT2D eigenvalue weighted by atomic mass is 10.2. The van der Waals surface area contributed by atoms with E-state index in [0.717, 1.165) is 11.6 Å². The fourth-order valence-corrected chi connectivity index (χ4v) is 1.75. The third-order valence-corrected chi connectivity index (χ3v) is 2.90. The van der Waals surface area contributed by atoms with E-state index in [-0.39, 0.29) is 16.3 Å². The average Bonchev–Trinajstić information content (AvgIpc) is 2.48. The first-order chi connectivity index (χ1) is 10.1. The van der Waals surface area contributed by atoms with Crippen LogP contribution in [0.5, 0.6) is 0 Å². The Balaban J connectivity index is 2.09. The summed E-state index contributed by atoms with van der Waals surface area (Å²) >= 11 is 5.68. The van der Waals surface area contributed by atoms with Crippen LogP contribution in [-0.2, 0) is 0 Å². The number of nitrogens with zero attached hydrogens (tertiary/aromatic N) is 2. The van der Waals surface area contributed by atoms with Gasteiger partial charge in [-0.1, -0.05) is 41.9 Å². The van der Waals surface area contributed by atoms with Crippen molar-refractivity contribution in [2.75, 3.05) is 0 Å². The van der Waals surface area contributed by atoms with Gasteiger partial charge in [0.25, 0.3) is 11.6 Å². The SMILES string of the molecule is O=C(N/N=C/c1ccccc1)c1ccc(Cl)c([N+](=O)[O-])c1. The lowest BCUT2D eigenvalue weighted by Gasteiger charge is -2.01. The second-order valence-electron chi connectivity index (χ2n) is 4.03. The summed E-state index contributed by atoms with van der Waals surface area (Å²) in [4.78, 5) is 21.9. The van der Waals surface area contributed by atoms with E-state index in [9.17, 15) is 14.9 Å². The van der Waals surface area contributed by atoms with Crippen molar-refractivity contribution in [3.8, 4) is 0 Å². The molecule has 0 aliphatic rings. The lowest BCUT2D eigenvalue weighted by Crippen LogP contribution is -2.17. The number of hydrazone groups is 1. The number of amides is 1. The summed E-state index contributed by atoms with van der Waals surface area (Å²) in [6.07, 6.45) is 1.47. The zero-order chi connectivity index (χ0) is 15.2. The van der Waals surface area contributed by atoms with Gasteiger partial charge in [-0.3, -0.25) is 14.9 Å². The number of hydrogen-bond donors (Lipinski definition) is 1. The summed E-state index contributed by atoms with van der Waals surface area (Å²) in [6.45, 7) is 0. The maximum atomic E-state index is 11.8. The van der Waals surface area contributed by atoms with Crippen molar-refractivity contribution in [1.82, 2.24) is 5.43 Å². The number of benzene rings is 2. The minimum absolute atomic E-state index is 0.0238. The highest BCUT2D eigenvalue weighted by atomic mass is 35.5. The Labute approximate surface area is 125 Å². The van der Waals surface area contributed by atoms with Gasteiger partial charge in [-0.25, -0.2) is 5.43 Å². The van der Waals surface area contributed by atoms with Crippen LogP contribution in [0.4, 0.5) is 5.69 Å². The molecule has 2 rings (SSSR count). The third kappa shape index (κ3) is 3.87. The maximum absolute atomic E-state index is 11.8. The van der Waals surface area contributed by atoms with Crippen LogP contribution >= 0.6 is 11.6 Å². The highest BCUT2D eigenvalue weighted by Gasteiger charge is 2.15. The molecule has 7 heteroatoms. The van der Waals surface area contributed by atoms with Crippen molar-refractivity contribution in [2.24, 2.45) is 5.10 Å². The molecule has 0 unspecified atom stereocenters. The third-order valence-electron chi connectivity index (χ3n) is 2.58. The van der Waals surface area contributed by atoms with Gasteiger partial charge in [0.2, 0.25) is 0 Å². The monoisotopic (exact) mass is 303 g/mol. The van der Waals surface area contributed by atoms with Crippen LogP contribution < -0.4 is 5.43 Å². The van der Waals surface area contributed by atoms with Crippen molar-refractivity contribution in [2.45, 2.75) is 0 Å². The molecular weight excluding hydrogens is 294 g/mol. The summed E-state index contributed by atoms with van der Waals surface area (Å²) in [5.41, 5.74) is 2.90. The highest BCUT2D eigenvalue weighted by Crippen LogP contribution is 2.24. The maximum Gasteiger partial charge on any atom is 0.288 e. The number of carbonyl (C=O) groups is 1. The standard InChI is InChI=1S/C14H10ClN3O3/c15-12-7-6-11(8-13(12)18(20)21)14(19)17-16-9-10-4-2-1-3-5-10/h1-9H,(H,17,19)/b16-9+. The van der Waals surface area contributed by atoms with Crippen LogP contribution in [0.3, 0.4) is 0 Å². The first-order valence-electron chi connectivity index (χ1n) is 5.90. The second-order valence-corrected chi connectivity index (χ2v) is 4.44. The molecule has 6 nitrogen and oxygen atoms in total. The molecule has 0 fully saturated rings. The molecule has 1 N–H and O–H groups in total. The van der Waals surface area contributed by atoms with Gasteiger partial charge in [-0.05, 0) is 17.7 Å². The van der Waals surface area contributed by atoms with E-state index in [1.165, 1.54) is 18.3 Å². The van der Waals surface area contributed by atoms with Gasteiger partial charge in [0.1, 0.15) is 5.02 Å². The molecular formula is C14H10ClN3O3. The van der Waals surface area contributed by atoms with E-state index < -0.39 is 10.8 Å². The zero-order valence-corrected chi connectivity index (χ0v) is 11.4. The molecule has 2 aromatic carbocycles. The normalized spacial score (nSPS) is 10.5. The van der Waals surface area contributed by atoms with E-state index in [4.69, 9.17) is 11.6 Å². The molecule has 0 bridgehead atoms. The molecule has 0 aliphatic heterocycles. The zero-order valence-electron chi connectivity index (χ0n) is 10.7. The minimum atomic E-state index is -0.646. The Hall–Kier alpha value is -2.73. The summed E-state index contributed by atoms with van der Waals surface area (Å²) in [5, 5.41) is 14.5. The number of nitro benzene ring substituents is 1. The van der Waals surface area contributed by atoms with Crippen molar-refractivity contribution >= 4 is 29.4 Å². The van der Waals surface area contributed by atoms with Crippen LogP contribution in [0.1, 0.15) is 15.9 Å². The Morgan fingerprint density at radius 2 is 1.95 bits per heavy atom. The van der Waals surface area contributed by atoms with Crippen molar-refractivity contribution in [3.63, 3.8) is 0 Å². The van der Waals surface area contributed by atoms with Crippen LogP contribution in [-0.4, -0.2) is 17.0 Å². The summed E-state index contributed by atoms with van der Waals surface area (Å²) in [6, 6.07) is 13.0. The number of nitro groups is 1. The average molecular weight is 304 g/mol. The number of hydrogen-bond acceptors (Lipinski definition) is 4. The molecule has 0 atom stereocenters. The van der Waals surface area contributed by atoms with E-state index >= 15 is 0 Å². The topological polar surface area (TPSA) is 84.6 Å². The molecule has 0 saturated heterocycles. The Morgan fingerprint density at radius 1 is 1.24 bits per heavy atom. The number of carbonyl (C=O) groups excluding carboxylic acids is 1. The first kappa shape index (κ1) is 14.7.